The van der Waals surface area contributed by atoms with E-state index in [9.17, 15) is 22.8 Å². The van der Waals surface area contributed by atoms with E-state index in [4.69, 9.17) is 4.74 Å². The standard InChI is InChI=1S/C17H13N3O6S/c21-15-12-3-1-2-4-13(12)16(22)20(15)10-26-17(23)11-5-6-14-18-27(24,25)8-7-19(14)9-11/h1-6,9H,7-8,10H2. The molecule has 1 aromatic carbocycles. The van der Waals surface area contributed by atoms with Crippen molar-refractivity contribution in [3.8, 4) is 0 Å². The van der Waals surface area contributed by atoms with E-state index in [1.54, 1.807) is 12.1 Å². The van der Waals surface area contributed by atoms with Gasteiger partial charge >= 0.3 is 5.97 Å². The number of rotatable bonds is 3. The molecule has 2 amide bonds. The lowest BCUT2D eigenvalue weighted by Crippen LogP contribution is -2.37. The predicted molar refractivity (Wildman–Crippen MR) is 93.1 cm³/mol. The fraction of sp³-hybridized carbons (Fsp3) is 0.176. The van der Waals surface area contributed by atoms with Crippen LogP contribution in [-0.4, -0.2) is 60.9 Å². The molecule has 10 heteroatoms. The molecule has 0 fully saturated rings. The second kappa shape index (κ2) is 6.16. The number of fused-ring (bicyclic) bond motifs is 2. The van der Waals surface area contributed by atoms with Crippen LogP contribution in [0.5, 0.6) is 0 Å². The Morgan fingerprint density at radius 2 is 1.78 bits per heavy atom. The first-order chi connectivity index (χ1) is 12.9. The van der Waals surface area contributed by atoms with Crippen molar-refractivity contribution in [1.29, 1.82) is 0 Å². The Balaban J connectivity index is 1.44. The molecule has 0 radical (unpaired) electrons. The van der Waals surface area contributed by atoms with Crippen molar-refractivity contribution < 1.29 is 27.5 Å². The van der Waals surface area contributed by atoms with Gasteiger partial charge in [0.15, 0.2) is 6.73 Å². The van der Waals surface area contributed by atoms with Gasteiger partial charge in [-0.05, 0) is 24.3 Å². The van der Waals surface area contributed by atoms with Crippen molar-refractivity contribution in [3.05, 3.63) is 59.3 Å². The number of hydrogen-bond acceptors (Lipinski definition) is 7. The Hall–Kier alpha value is -3.27. The molecular weight excluding hydrogens is 374 g/mol. The van der Waals surface area contributed by atoms with E-state index in [0.29, 0.717) is 0 Å². The number of sulfonamides is 1. The Bertz CT molecular complexity index is 1030. The molecule has 3 aliphatic heterocycles. The molecule has 0 spiro atoms. The highest BCUT2D eigenvalue weighted by molar-refractivity contribution is 7.90. The smallest absolute Gasteiger partial charge is 0.341 e. The summed E-state index contributed by atoms with van der Waals surface area (Å²) in [6.07, 6.45) is 4.20. The van der Waals surface area contributed by atoms with Crippen LogP contribution in [0.4, 0.5) is 0 Å². The molecule has 1 aromatic rings. The van der Waals surface area contributed by atoms with Crippen molar-refractivity contribution in [1.82, 2.24) is 9.80 Å². The number of nitrogens with zero attached hydrogens (tertiary/aromatic N) is 3. The van der Waals surface area contributed by atoms with Gasteiger partial charge in [0.2, 0.25) is 0 Å². The zero-order chi connectivity index (χ0) is 19.2. The molecule has 0 saturated heterocycles. The monoisotopic (exact) mass is 387 g/mol. The summed E-state index contributed by atoms with van der Waals surface area (Å²) in [6.45, 7) is -0.341. The van der Waals surface area contributed by atoms with Gasteiger partial charge in [0.1, 0.15) is 5.84 Å². The predicted octanol–water partition coefficient (Wildman–Crippen LogP) is 0.281. The number of imide groups is 1. The molecule has 0 unspecified atom stereocenters. The number of esters is 1. The fourth-order valence-electron chi connectivity index (χ4n) is 2.88. The summed E-state index contributed by atoms with van der Waals surface area (Å²) in [5, 5.41) is 0. The van der Waals surface area contributed by atoms with Crippen LogP contribution >= 0.6 is 0 Å². The van der Waals surface area contributed by atoms with Gasteiger partial charge in [0.25, 0.3) is 21.8 Å². The van der Waals surface area contributed by atoms with E-state index < -0.39 is 34.5 Å². The molecule has 0 aliphatic carbocycles. The topological polar surface area (TPSA) is 113 Å². The summed E-state index contributed by atoms with van der Waals surface area (Å²) in [4.78, 5) is 39.1. The number of carbonyl (C=O) groups is 3. The van der Waals surface area contributed by atoms with Gasteiger partial charge in [0, 0.05) is 12.7 Å². The zero-order valence-electron chi connectivity index (χ0n) is 13.9. The molecule has 0 saturated carbocycles. The first kappa shape index (κ1) is 17.2. The van der Waals surface area contributed by atoms with Crippen LogP contribution in [0.3, 0.4) is 0 Å². The second-order valence-electron chi connectivity index (χ2n) is 5.99. The van der Waals surface area contributed by atoms with Crippen LogP contribution in [-0.2, 0) is 19.6 Å². The number of hydrogen-bond donors (Lipinski definition) is 0. The van der Waals surface area contributed by atoms with Crippen LogP contribution < -0.4 is 0 Å². The summed E-state index contributed by atoms with van der Waals surface area (Å²) in [7, 11) is -3.48. The summed E-state index contributed by atoms with van der Waals surface area (Å²) < 4.78 is 31.7. The highest BCUT2D eigenvalue weighted by atomic mass is 32.2. The largest absolute Gasteiger partial charge is 0.440 e. The fourth-order valence-corrected chi connectivity index (χ4v) is 3.85. The summed E-state index contributed by atoms with van der Waals surface area (Å²) in [6, 6.07) is 6.37. The zero-order valence-corrected chi connectivity index (χ0v) is 14.7. The maximum atomic E-state index is 12.3. The summed E-state index contributed by atoms with van der Waals surface area (Å²) in [5.41, 5.74) is 0.696. The van der Waals surface area contributed by atoms with Gasteiger partial charge in [-0.3, -0.25) is 9.59 Å². The molecule has 9 nitrogen and oxygen atoms in total. The van der Waals surface area contributed by atoms with Gasteiger partial charge in [-0.15, -0.1) is 4.40 Å². The summed E-state index contributed by atoms with van der Waals surface area (Å²) >= 11 is 0. The van der Waals surface area contributed by atoms with E-state index in [1.165, 1.54) is 35.4 Å². The molecular formula is C17H13N3O6S. The SMILES string of the molecule is O=C(OCN1C(=O)c2ccccc2C1=O)C1=CN2CCS(=O)(=O)N=C2C=C1. The molecule has 0 aromatic heterocycles. The third-order valence-corrected chi connectivity index (χ3v) is 5.43. The van der Waals surface area contributed by atoms with Crippen molar-refractivity contribution in [3.63, 3.8) is 0 Å². The number of ether oxygens (including phenoxy) is 1. The van der Waals surface area contributed by atoms with Crippen LogP contribution in [0.25, 0.3) is 0 Å². The van der Waals surface area contributed by atoms with Gasteiger partial charge < -0.3 is 9.64 Å². The Labute approximate surface area is 154 Å². The Kier molecular flexibility index (Phi) is 3.92. The first-order valence-electron chi connectivity index (χ1n) is 7.97. The third-order valence-electron chi connectivity index (χ3n) is 4.26. The van der Waals surface area contributed by atoms with Crippen LogP contribution in [0.1, 0.15) is 20.7 Å². The van der Waals surface area contributed by atoms with Gasteiger partial charge in [-0.25, -0.2) is 18.1 Å². The van der Waals surface area contributed by atoms with Gasteiger partial charge in [-0.1, -0.05) is 12.1 Å². The third kappa shape index (κ3) is 3.04. The lowest BCUT2D eigenvalue weighted by molar-refractivity contribution is -0.141. The number of amidine groups is 1. The van der Waals surface area contributed by atoms with Crippen LogP contribution in [0.15, 0.2) is 52.6 Å². The van der Waals surface area contributed by atoms with Crippen molar-refractivity contribution >= 4 is 33.6 Å². The normalized spacial score (nSPS) is 20.0. The molecule has 0 atom stereocenters. The average Bonchev–Trinajstić information content (AvgIpc) is 2.89. The van der Waals surface area contributed by atoms with Crippen LogP contribution in [0.2, 0.25) is 0 Å². The minimum absolute atomic E-state index is 0.155. The molecule has 0 bridgehead atoms. The number of amides is 2. The Morgan fingerprint density at radius 1 is 1.11 bits per heavy atom. The van der Waals surface area contributed by atoms with E-state index >= 15 is 0 Å². The Morgan fingerprint density at radius 3 is 2.44 bits per heavy atom. The minimum Gasteiger partial charge on any atom is -0.440 e. The van der Waals surface area contributed by atoms with Crippen molar-refractivity contribution in [2.24, 2.45) is 4.40 Å². The maximum Gasteiger partial charge on any atom is 0.341 e. The highest BCUT2D eigenvalue weighted by Gasteiger charge is 2.36. The maximum absolute atomic E-state index is 12.3. The number of carbonyl (C=O) groups excluding carboxylic acids is 3. The quantitative estimate of drug-likeness (QED) is 0.541. The number of benzene rings is 1. The first-order valence-corrected chi connectivity index (χ1v) is 9.58. The van der Waals surface area contributed by atoms with Gasteiger partial charge in [-0.2, -0.15) is 0 Å². The van der Waals surface area contributed by atoms with E-state index in [2.05, 4.69) is 4.40 Å². The van der Waals surface area contributed by atoms with E-state index in [-0.39, 0.29) is 34.8 Å². The molecule has 3 aliphatic rings. The van der Waals surface area contributed by atoms with Crippen molar-refractivity contribution in [2.75, 3.05) is 19.0 Å². The molecule has 4 rings (SSSR count). The molecule has 27 heavy (non-hydrogen) atoms. The summed E-state index contributed by atoms with van der Waals surface area (Å²) in [5.74, 6) is -1.72. The molecule has 3 heterocycles. The highest BCUT2D eigenvalue weighted by Crippen LogP contribution is 2.23. The van der Waals surface area contributed by atoms with Gasteiger partial charge in [0.05, 0.1) is 22.5 Å². The molecule has 138 valence electrons. The van der Waals surface area contributed by atoms with E-state index in [0.717, 1.165) is 4.90 Å². The lowest BCUT2D eigenvalue weighted by atomic mass is 10.1. The van der Waals surface area contributed by atoms with Crippen molar-refractivity contribution in [2.45, 2.75) is 0 Å². The second-order valence-corrected chi connectivity index (χ2v) is 7.75. The molecule has 0 N–H and O–H groups in total. The van der Waals surface area contributed by atoms with Crippen LogP contribution in [0, 0.1) is 0 Å². The average molecular weight is 387 g/mol. The minimum atomic E-state index is -3.48. The lowest BCUT2D eigenvalue weighted by Gasteiger charge is -2.26. The van der Waals surface area contributed by atoms with E-state index in [1.807, 2.05) is 0 Å².